The first-order valence-electron chi connectivity index (χ1n) is 4.69. The fraction of sp³-hybridized carbons (Fsp3) is 1.00. The molecule has 0 aromatic carbocycles. The molecule has 0 aromatic rings. The van der Waals surface area contributed by atoms with Crippen LogP contribution >= 0.6 is 0 Å². The summed E-state index contributed by atoms with van der Waals surface area (Å²) in [5.41, 5.74) is 0.708. The summed E-state index contributed by atoms with van der Waals surface area (Å²) in [6, 6.07) is 0. The molecule has 0 heterocycles. The maximum atomic E-state index is 9.22. The number of rotatable bonds is 4. The van der Waals surface area contributed by atoms with E-state index in [1.165, 1.54) is 25.7 Å². The first-order valence-corrected chi connectivity index (χ1v) is 4.69. The van der Waals surface area contributed by atoms with Crippen LogP contribution in [0.2, 0.25) is 0 Å². The van der Waals surface area contributed by atoms with Gasteiger partial charge in [0.1, 0.15) is 0 Å². The third kappa shape index (κ3) is 1.44. The maximum absolute atomic E-state index is 9.22. The van der Waals surface area contributed by atoms with Crippen LogP contribution in [0.3, 0.4) is 0 Å². The molecule has 0 aromatic heterocycles. The Morgan fingerprint density at radius 2 is 1.91 bits per heavy atom. The van der Waals surface area contributed by atoms with Crippen molar-refractivity contribution in [2.75, 3.05) is 6.61 Å². The molecule has 0 amide bonds. The fourth-order valence-electron chi connectivity index (χ4n) is 2.09. The first-order chi connectivity index (χ1) is 5.08. The van der Waals surface area contributed by atoms with Crippen LogP contribution in [0.5, 0.6) is 0 Å². The van der Waals surface area contributed by atoms with Crippen LogP contribution in [0.25, 0.3) is 0 Å². The van der Waals surface area contributed by atoms with E-state index < -0.39 is 0 Å². The second-order valence-corrected chi connectivity index (χ2v) is 4.60. The van der Waals surface area contributed by atoms with E-state index >= 15 is 0 Å². The summed E-state index contributed by atoms with van der Waals surface area (Å²) in [6.07, 6.45) is 4.95. The van der Waals surface area contributed by atoms with Crippen molar-refractivity contribution in [2.24, 2.45) is 10.8 Å². The molecular formula is C10H20O. The summed E-state index contributed by atoms with van der Waals surface area (Å²) in [4.78, 5) is 0. The molecule has 1 atom stereocenters. The zero-order chi connectivity index (χ0) is 8.54. The second kappa shape index (κ2) is 2.78. The quantitative estimate of drug-likeness (QED) is 0.663. The van der Waals surface area contributed by atoms with Gasteiger partial charge in [-0.25, -0.2) is 0 Å². The highest BCUT2D eigenvalue weighted by atomic mass is 16.3. The second-order valence-electron chi connectivity index (χ2n) is 4.60. The zero-order valence-electron chi connectivity index (χ0n) is 7.98. The van der Waals surface area contributed by atoms with Gasteiger partial charge in [0.05, 0.1) is 0 Å². The maximum Gasteiger partial charge on any atom is 0.0492 e. The van der Waals surface area contributed by atoms with Crippen LogP contribution in [0, 0.1) is 10.8 Å². The van der Waals surface area contributed by atoms with Crippen LogP contribution in [0.4, 0.5) is 0 Å². The number of hydrogen-bond donors (Lipinski definition) is 1. The number of hydrogen-bond acceptors (Lipinski definition) is 1. The number of unbranched alkanes of at least 4 members (excludes halogenated alkanes) is 1. The summed E-state index contributed by atoms with van der Waals surface area (Å²) in [5, 5.41) is 9.22. The lowest BCUT2D eigenvalue weighted by atomic mass is 9.91. The Hall–Kier alpha value is -0.0400. The SMILES string of the molecule is CCCCC1(CO)CC1(C)C. The van der Waals surface area contributed by atoms with E-state index in [0.717, 1.165) is 0 Å². The lowest BCUT2D eigenvalue weighted by molar-refractivity contribution is 0.169. The van der Waals surface area contributed by atoms with E-state index in [-0.39, 0.29) is 0 Å². The summed E-state index contributed by atoms with van der Waals surface area (Å²) in [7, 11) is 0. The molecule has 1 heteroatoms. The van der Waals surface area contributed by atoms with Crippen LogP contribution in [-0.4, -0.2) is 11.7 Å². The average molecular weight is 156 g/mol. The molecule has 1 fully saturated rings. The Labute approximate surface area is 69.8 Å². The smallest absolute Gasteiger partial charge is 0.0492 e. The number of aliphatic hydroxyl groups excluding tert-OH is 1. The summed E-state index contributed by atoms with van der Waals surface area (Å²) in [5.74, 6) is 0. The Kier molecular flexibility index (Phi) is 2.29. The minimum atomic E-state index is 0.295. The minimum absolute atomic E-state index is 0.295. The van der Waals surface area contributed by atoms with Crippen molar-refractivity contribution in [1.29, 1.82) is 0 Å². The lowest BCUT2D eigenvalue weighted by Crippen LogP contribution is -2.13. The molecule has 1 unspecified atom stereocenters. The van der Waals surface area contributed by atoms with Crippen LogP contribution in [0.1, 0.15) is 46.5 Å². The fourth-order valence-corrected chi connectivity index (χ4v) is 2.09. The molecule has 1 N–H and O–H groups in total. The molecule has 1 saturated carbocycles. The van der Waals surface area contributed by atoms with Gasteiger partial charge in [-0.1, -0.05) is 33.6 Å². The van der Waals surface area contributed by atoms with Crippen molar-refractivity contribution in [1.82, 2.24) is 0 Å². The highest BCUT2D eigenvalue weighted by molar-refractivity contribution is 5.08. The predicted octanol–water partition coefficient (Wildman–Crippen LogP) is 2.59. The van der Waals surface area contributed by atoms with Crippen molar-refractivity contribution in [2.45, 2.75) is 46.5 Å². The Balaban J connectivity index is 2.40. The van der Waals surface area contributed by atoms with Crippen molar-refractivity contribution in [3.63, 3.8) is 0 Å². The molecule has 1 aliphatic rings. The van der Waals surface area contributed by atoms with Gasteiger partial charge in [-0.15, -0.1) is 0 Å². The van der Waals surface area contributed by atoms with E-state index in [9.17, 15) is 5.11 Å². The lowest BCUT2D eigenvalue weighted by Gasteiger charge is -2.16. The van der Waals surface area contributed by atoms with Crippen molar-refractivity contribution in [3.05, 3.63) is 0 Å². The van der Waals surface area contributed by atoms with E-state index in [4.69, 9.17) is 0 Å². The third-order valence-electron chi connectivity index (χ3n) is 3.40. The topological polar surface area (TPSA) is 20.2 Å². The zero-order valence-corrected chi connectivity index (χ0v) is 7.98. The van der Waals surface area contributed by atoms with Gasteiger partial charge in [0.15, 0.2) is 0 Å². The van der Waals surface area contributed by atoms with Crippen molar-refractivity contribution >= 4 is 0 Å². The monoisotopic (exact) mass is 156 g/mol. The Bertz CT molecular complexity index is 140. The van der Waals surface area contributed by atoms with Crippen molar-refractivity contribution in [3.8, 4) is 0 Å². The van der Waals surface area contributed by atoms with Gasteiger partial charge >= 0.3 is 0 Å². The van der Waals surface area contributed by atoms with Gasteiger partial charge in [-0.05, 0) is 23.7 Å². The van der Waals surface area contributed by atoms with E-state index in [0.29, 0.717) is 17.4 Å². The Morgan fingerprint density at radius 3 is 2.18 bits per heavy atom. The van der Waals surface area contributed by atoms with Gasteiger partial charge in [-0.2, -0.15) is 0 Å². The van der Waals surface area contributed by atoms with E-state index in [1.54, 1.807) is 0 Å². The molecule has 11 heavy (non-hydrogen) atoms. The molecule has 1 nitrogen and oxygen atoms in total. The van der Waals surface area contributed by atoms with Gasteiger partial charge in [0.25, 0.3) is 0 Å². The summed E-state index contributed by atoms with van der Waals surface area (Å²) >= 11 is 0. The van der Waals surface area contributed by atoms with E-state index in [1.807, 2.05) is 0 Å². The highest BCUT2D eigenvalue weighted by Gasteiger charge is 2.59. The summed E-state index contributed by atoms with van der Waals surface area (Å²) < 4.78 is 0. The van der Waals surface area contributed by atoms with Crippen LogP contribution in [-0.2, 0) is 0 Å². The molecule has 0 bridgehead atoms. The number of aliphatic hydroxyl groups is 1. The average Bonchev–Trinajstić information content (AvgIpc) is 2.50. The van der Waals surface area contributed by atoms with Gasteiger partial charge in [0.2, 0.25) is 0 Å². The predicted molar refractivity (Wildman–Crippen MR) is 47.4 cm³/mol. The van der Waals surface area contributed by atoms with E-state index in [2.05, 4.69) is 20.8 Å². The standard InChI is InChI=1S/C10H20O/c1-4-5-6-10(8-11)7-9(10,2)3/h11H,4-8H2,1-3H3. The molecule has 0 spiro atoms. The molecular weight excluding hydrogens is 136 g/mol. The van der Waals surface area contributed by atoms with Crippen LogP contribution < -0.4 is 0 Å². The van der Waals surface area contributed by atoms with Crippen LogP contribution in [0.15, 0.2) is 0 Å². The first kappa shape index (κ1) is 9.05. The molecule has 1 aliphatic carbocycles. The third-order valence-corrected chi connectivity index (χ3v) is 3.40. The molecule has 0 aliphatic heterocycles. The molecule has 0 radical (unpaired) electrons. The largest absolute Gasteiger partial charge is 0.396 e. The normalized spacial score (nSPS) is 33.8. The van der Waals surface area contributed by atoms with Gasteiger partial charge < -0.3 is 5.11 Å². The molecule has 66 valence electrons. The minimum Gasteiger partial charge on any atom is -0.396 e. The van der Waals surface area contributed by atoms with Gasteiger partial charge in [-0.3, -0.25) is 0 Å². The van der Waals surface area contributed by atoms with Gasteiger partial charge in [0, 0.05) is 6.61 Å². The van der Waals surface area contributed by atoms with Crippen molar-refractivity contribution < 1.29 is 5.11 Å². The summed E-state index contributed by atoms with van der Waals surface area (Å²) in [6.45, 7) is 7.12. The highest BCUT2D eigenvalue weighted by Crippen LogP contribution is 2.65. The molecule has 0 saturated heterocycles. The molecule has 1 rings (SSSR count). The Morgan fingerprint density at radius 1 is 1.36 bits per heavy atom.